The zero-order chi connectivity index (χ0) is 15.3. The molecule has 5 heteroatoms. The molecule has 0 aromatic carbocycles. The van der Waals surface area contributed by atoms with Crippen molar-refractivity contribution in [1.82, 2.24) is 10.3 Å². The summed E-state index contributed by atoms with van der Waals surface area (Å²) in [5.74, 6) is 0.420. The molecule has 5 nitrogen and oxygen atoms in total. The van der Waals surface area contributed by atoms with Gasteiger partial charge < -0.3 is 14.8 Å². The van der Waals surface area contributed by atoms with Crippen LogP contribution in [0.1, 0.15) is 55.4 Å². The minimum atomic E-state index is -0.403. The van der Waals surface area contributed by atoms with Crippen molar-refractivity contribution in [1.29, 1.82) is 0 Å². The van der Waals surface area contributed by atoms with Crippen molar-refractivity contribution in [2.24, 2.45) is 0 Å². The number of esters is 1. The van der Waals surface area contributed by atoms with E-state index in [4.69, 9.17) is 9.47 Å². The van der Waals surface area contributed by atoms with Gasteiger partial charge in [0.25, 0.3) is 0 Å². The number of pyridine rings is 1. The van der Waals surface area contributed by atoms with Crippen LogP contribution in [-0.4, -0.2) is 30.2 Å². The average molecular weight is 290 g/mol. The van der Waals surface area contributed by atoms with Crippen molar-refractivity contribution < 1.29 is 14.3 Å². The predicted molar refractivity (Wildman–Crippen MR) is 78.6 cm³/mol. The normalized spacial score (nSPS) is 20.6. The number of hydrogen-bond acceptors (Lipinski definition) is 5. The second-order valence-corrected chi connectivity index (χ2v) is 6.92. The van der Waals surface area contributed by atoms with E-state index in [0.717, 1.165) is 17.0 Å². The highest BCUT2D eigenvalue weighted by Crippen LogP contribution is 2.41. The van der Waals surface area contributed by atoms with Crippen molar-refractivity contribution in [2.45, 2.75) is 51.1 Å². The van der Waals surface area contributed by atoms with Crippen LogP contribution in [-0.2, 0) is 16.7 Å². The molecule has 21 heavy (non-hydrogen) atoms. The highest BCUT2D eigenvalue weighted by Gasteiger charge is 2.39. The minimum absolute atomic E-state index is 0.183. The quantitative estimate of drug-likeness (QED) is 0.861. The summed E-state index contributed by atoms with van der Waals surface area (Å²) in [6.07, 6.45) is 2.38. The Morgan fingerprint density at radius 3 is 2.76 bits per heavy atom. The molecular weight excluding hydrogens is 268 g/mol. The van der Waals surface area contributed by atoms with Gasteiger partial charge in [-0.25, -0.2) is 9.78 Å². The number of methoxy groups -OCH3 is 1. The van der Waals surface area contributed by atoms with Crippen LogP contribution in [0.4, 0.5) is 0 Å². The van der Waals surface area contributed by atoms with E-state index in [1.54, 1.807) is 6.07 Å². The lowest BCUT2D eigenvalue weighted by atomic mass is 9.90. The smallest absolute Gasteiger partial charge is 0.356 e. The Balaban J connectivity index is 1.97. The maximum absolute atomic E-state index is 11.8. The molecule has 2 heterocycles. The molecule has 0 spiro atoms. The summed E-state index contributed by atoms with van der Waals surface area (Å²) in [5.41, 5.74) is 2.24. The van der Waals surface area contributed by atoms with E-state index in [0.29, 0.717) is 18.8 Å². The second kappa shape index (κ2) is 4.70. The number of nitrogens with one attached hydrogen (secondary N) is 1. The summed E-state index contributed by atoms with van der Waals surface area (Å²) in [5, 5.41) is 3.53. The average Bonchev–Trinajstić information content (AvgIpc) is 3.11. The lowest BCUT2D eigenvalue weighted by Crippen LogP contribution is -2.27. The van der Waals surface area contributed by atoms with Crippen molar-refractivity contribution in [2.75, 3.05) is 13.7 Å². The van der Waals surface area contributed by atoms with Gasteiger partial charge in [0.15, 0.2) is 0 Å². The van der Waals surface area contributed by atoms with Gasteiger partial charge in [-0.2, -0.15) is 0 Å². The zero-order valence-corrected chi connectivity index (χ0v) is 13.1. The van der Waals surface area contributed by atoms with Crippen LogP contribution in [0.2, 0.25) is 0 Å². The molecule has 0 atom stereocenters. The highest BCUT2D eigenvalue weighted by atomic mass is 16.5. The van der Waals surface area contributed by atoms with Crippen LogP contribution in [0.25, 0.3) is 0 Å². The number of rotatable bonds is 4. The van der Waals surface area contributed by atoms with Gasteiger partial charge in [0.2, 0.25) is 0 Å². The van der Waals surface area contributed by atoms with Gasteiger partial charge in [-0.15, -0.1) is 0 Å². The molecule has 0 bridgehead atoms. The first kappa shape index (κ1) is 14.3. The SMILES string of the molecule is COC(=O)c1cc(CNC2(C)CC2)c2c(n1)C(C)(C)CO2. The Morgan fingerprint density at radius 1 is 1.43 bits per heavy atom. The molecule has 1 saturated carbocycles. The fraction of sp³-hybridized carbons (Fsp3) is 0.625. The first-order chi connectivity index (χ1) is 9.85. The number of aromatic nitrogens is 1. The molecule has 1 aromatic rings. The molecule has 114 valence electrons. The van der Waals surface area contributed by atoms with Gasteiger partial charge in [0.05, 0.1) is 19.4 Å². The van der Waals surface area contributed by atoms with Gasteiger partial charge in [-0.3, -0.25) is 0 Å². The molecule has 0 saturated heterocycles. The molecule has 2 aliphatic rings. The number of hydrogen-bond donors (Lipinski definition) is 1. The van der Waals surface area contributed by atoms with Crippen molar-refractivity contribution in [3.05, 3.63) is 23.0 Å². The van der Waals surface area contributed by atoms with E-state index in [1.165, 1.54) is 20.0 Å². The first-order valence-electron chi connectivity index (χ1n) is 7.35. The van der Waals surface area contributed by atoms with Crippen LogP contribution >= 0.6 is 0 Å². The van der Waals surface area contributed by atoms with Gasteiger partial charge in [0, 0.05) is 23.1 Å². The summed E-state index contributed by atoms with van der Waals surface area (Å²) in [6.45, 7) is 7.63. The van der Waals surface area contributed by atoms with E-state index in [-0.39, 0.29) is 11.0 Å². The van der Waals surface area contributed by atoms with Crippen molar-refractivity contribution >= 4 is 5.97 Å². The fourth-order valence-corrected chi connectivity index (χ4v) is 2.54. The molecule has 0 unspecified atom stereocenters. The highest BCUT2D eigenvalue weighted by molar-refractivity contribution is 5.87. The fourth-order valence-electron chi connectivity index (χ4n) is 2.54. The molecule has 1 fully saturated rings. The van der Waals surface area contributed by atoms with E-state index in [2.05, 4.69) is 31.1 Å². The van der Waals surface area contributed by atoms with Crippen LogP contribution in [0.3, 0.4) is 0 Å². The second-order valence-electron chi connectivity index (χ2n) is 6.92. The van der Waals surface area contributed by atoms with Gasteiger partial charge >= 0.3 is 5.97 Å². The van der Waals surface area contributed by atoms with E-state index < -0.39 is 5.97 Å². The Morgan fingerprint density at radius 2 is 2.14 bits per heavy atom. The molecule has 1 aliphatic heterocycles. The Kier molecular flexibility index (Phi) is 3.20. The Hall–Kier alpha value is -1.62. The van der Waals surface area contributed by atoms with Crippen molar-refractivity contribution in [3.63, 3.8) is 0 Å². The summed E-state index contributed by atoms with van der Waals surface area (Å²) in [4.78, 5) is 16.3. The molecule has 1 N–H and O–H groups in total. The topological polar surface area (TPSA) is 60.5 Å². The number of fused-ring (bicyclic) bond motifs is 1. The van der Waals surface area contributed by atoms with E-state index in [1.807, 2.05) is 0 Å². The predicted octanol–water partition coefficient (Wildman–Crippen LogP) is 2.18. The standard InChI is InChI=1S/C16H22N2O3/c1-15(2)9-21-12-10(8-17-16(3)5-6-16)7-11(14(19)20-4)18-13(12)15/h7,17H,5-6,8-9H2,1-4H3. The lowest BCUT2D eigenvalue weighted by Gasteiger charge is -2.16. The summed E-state index contributed by atoms with van der Waals surface area (Å²) in [7, 11) is 1.38. The maximum Gasteiger partial charge on any atom is 0.356 e. The van der Waals surface area contributed by atoms with Gasteiger partial charge in [-0.05, 0) is 25.8 Å². The largest absolute Gasteiger partial charge is 0.490 e. The van der Waals surface area contributed by atoms with Crippen LogP contribution in [0.5, 0.6) is 5.75 Å². The first-order valence-corrected chi connectivity index (χ1v) is 7.35. The van der Waals surface area contributed by atoms with E-state index in [9.17, 15) is 4.79 Å². The third-order valence-corrected chi connectivity index (χ3v) is 4.37. The third kappa shape index (κ3) is 2.62. The summed E-state index contributed by atoms with van der Waals surface area (Å²) >= 11 is 0. The Labute approximate surface area is 125 Å². The summed E-state index contributed by atoms with van der Waals surface area (Å²) < 4.78 is 10.7. The van der Waals surface area contributed by atoms with E-state index >= 15 is 0 Å². The van der Waals surface area contributed by atoms with Gasteiger partial charge in [0.1, 0.15) is 11.4 Å². The molecule has 3 rings (SSSR count). The molecule has 0 amide bonds. The van der Waals surface area contributed by atoms with Crippen LogP contribution in [0, 0.1) is 0 Å². The van der Waals surface area contributed by atoms with Crippen molar-refractivity contribution in [3.8, 4) is 5.75 Å². The van der Waals surface area contributed by atoms with Crippen LogP contribution < -0.4 is 10.1 Å². The summed E-state index contributed by atoms with van der Waals surface area (Å²) in [6, 6.07) is 1.78. The molecular formula is C16H22N2O3. The molecule has 0 radical (unpaired) electrons. The third-order valence-electron chi connectivity index (χ3n) is 4.37. The minimum Gasteiger partial charge on any atom is -0.490 e. The maximum atomic E-state index is 11.8. The van der Waals surface area contributed by atoms with Crippen LogP contribution in [0.15, 0.2) is 6.07 Å². The van der Waals surface area contributed by atoms with Gasteiger partial charge in [-0.1, -0.05) is 13.8 Å². The molecule has 1 aliphatic carbocycles. The lowest BCUT2D eigenvalue weighted by molar-refractivity contribution is 0.0593. The monoisotopic (exact) mass is 290 g/mol. The number of carbonyl (C=O) groups excluding carboxylic acids is 1. The molecule has 1 aromatic heterocycles. The number of nitrogens with zero attached hydrogens (tertiary/aromatic N) is 1. The Bertz CT molecular complexity index is 591. The number of ether oxygens (including phenoxy) is 2. The zero-order valence-electron chi connectivity index (χ0n) is 13.1. The number of carbonyl (C=O) groups is 1.